The predicted molar refractivity (Wildman–Crippen MR) is 75.3 cm³/mol. The van der Waals surface area contributed by atoms with Gasteiger partial charge in [-0.25, -0.2) is 0 Å². The molecular weight excluding hydrogens is 248 g/mol. The molecule has 0 aromatic carbocycles. The fourth-order valence-corrected chi connectivity index (χ4v) is 3.09. The predicted octanol–water partition coefficient (Wildman–Crippen LogP) is 2.69. The second-order valence-electron chi connectivity index (χ2n) is 6.54. The Hall–Kier alpha value is -1.10. The number of rotatable bonds is 3. The van der Waals surface area contributed by atoms with Gasteiger partial charge < -0.3 is 10.3 Å². The Balaban J connectivity index is 2.82. The molecule has 4 nitrogen and oxygen atoms in total. The zero-order valence-corrected chi connectivity index (χ0v) is 12.7. The first-order valence-electron chi connectivity index (χ1n) is 6.02. The fourth-order valence-electron chi connectivity index (χ4n) is 2.36. The maximum Gasteiger partial charge on any atom is 0.305 e. The number of hydrogen-bond acceptors (Lipinski definition) is 3. The van der Waals surface area contributed by atoms with Crippen LogP contribution < -0.4 is 10.2 Å². The van der Waals surface area contributed by atoms with Gasteiger partial charge in [-0.2, -0.15) is 0 Å². The van der Waals surface area contributed by atoms with Crippen molar-refractivity contribution >= 4 is 17.2 Å². The second kappa shape index (κ2) is 4.88. The SMILES string of the molecule is Cc1[nH]c(=O)sc1C(=O)NC(C)(C)CC(C)(C)C. The minimum atomic E-state index is -0.297. The van der Waals surface area contributed by atoms with E-state index in [4.69, 9.17) is 0 Å². The number of aromatic amines is 1. The van der Waals surface area contributed by atoms with Crippen LogP contribution in [0, 0.1) is 12.3 Å². The highest BCUT2D eigenvalue weighted by molar-refractivity contribution is 7.11. The molecular formula is C13H22N2O2S. The number of nitrogens with one attached hydrogen (secondary N) is 2. The highest BCUT2D eigenvalue weighted by atomic mass is 32.1. The van der Waals surface area contributed by atoms with Crippen LogP contribution in [0.1, 0.15) is 56.4 Å². The summed E-state index contributed by atoms with van der Waals surface area (Å²) in [6.45, 7) is 12.2. The molecule has 1 amide bonds. The second-order valence-corrected chi connectivity index (χ2v) is 7.53. The van der Waals surface area contributed by atoms with Gasteiger partial charge >= 0.3 is 4.87 Å². The molecule has 0 aliphatic carbocycles. The average molecular weight is 270 g/mol. The van der Waals surface area contributed by atoms with Crippen LogP contribution in [0.2, 0.25) is 0 Å². The molecule has 1 aromatic rings. The van der Waals surface area contributed by atoms with Crippen molar-refractivity contribution in [3.05, 3.63) is 20.2 Å². The van der Waals surface area contributed by atoms with Crippen LogP contribution in [-0.2, 0) is 0 Å². The molecule has 102 valence electrons. The number of hydrogen-bond donors (Lipinski definition) is 2. The van der Waals surface area contributed by atoms with Crippen molar-refractivity contribution in [1.82, 2.24) is 10.3 Å². The molecule has 5 heteroatoms. The summed E-state index contributed by atoms with van der Waals surface area (Å²) in [4.78, 5) is 26.2. The summed E-state index contributed by atoms with van der Waals surface area (Å²) in [5.74, 6) is -0.176. The Kier molecular flexibility index (Phi) is 4.05. The summed E-state index contributed by atoms with van der Waals surface area (Å²) in [5, 5.41) is 3.00. The molecule has 1 heterocycles. The lowest BCUT2D eigenvalue weighted by Crippen LogP contribution is -2.45. The Bertz CT molecular complexity index is 492. The first-order valence-corrected chi connectivity index (χ1v) is 6.84. The van der Waals surface area contributed by atoms with E-state index in [2.05, 4.69) is 31.1 Å². The molecule has 0 aliphatic rings. The van der Waals surface area contributed by atoms with Gasteiger partial charge in [0.1, 0.15) is 4.88 Å². The first-order chi connectivity index (χ1) is 8.00. The number of H-pyrrole nitrogens is 1. The van der Waals surface area contributed by atoms with E-state index in [1.54, 1.807) is 6.92 Å². The largest absolute Gasteiger partial charge is 0.346 e. The molecule has 0 fully saturated rings. The summed E-state index contributed by atoms with van der Waals surface area (Å²) < 4.78 is 0. The molecule has 0 bridgehead atoms. The summed E-state index contributed by atoms with van der Waals surface area (Å²) in [6.07, 6.45) is 0.865. The maximum absolute atomic E-state index is 12.1. The number of aromatic nitrogens is 1. The quantitative estimate of drug-likeness (QED) is 0.887. The number of carbonyl (C=O) groups is 1. The third-order valence-electron chi connectivity index (χ3n) is 2.46. The van der Waals surface area contributed by atoms with E-state index in [9.17, 15) is 9.59 Å². The molecule has 0 saturated carbocycles. The van der Waals surface area contributed by atoms with E-state index >= 15 is 0 Å². The van der Waals surface area contributed by atoms with Gasteiger partial charge in [-0.15, -0.1) is 0 Å². The van der Waals surface area contributed by atoms with Crippen molar-refractivity contribution in [2.24, 2.45) is 5.41 Å². The highest BCUT2D eigenvalue weighted by Crippen LogP contribution is 2.27. The van der Waals surface area contributed by atoms with E-state index in [0.717, 1.165) is 17.8 Å². The van der Waals surface area contributed by atoms with Crippen LogP contribution >= 0.6 is 11.3 Å². The number of carbonyl (C=O) groups excluding carboxylic acids is 1. The van der Waals surface area contributed by atoms with Crippen LogP contribution in [0.5, 0.6) is 0 Å². The van der Waals surface area contributed by atoms with Gasteiger partial charge in [0.15, 0.2) is 0 Å². The van der Waals surface area contributed by atoms with Crippen molar-refractivity contribution in [3.8, 4) is 0 Å². The van der Waals surface area contributed by atoms with Crippen molar-refractivity contribution < 1.29 is 4.79 Å². The van der Waals surface area contributed by atoms with E-state index in [1.807, 2.05) is 13.8 Å². The van der Waals surface area contributed by atoms with Gasteiger partial charge in [-0.05, 0) is 32.6 Å². The van der Waals surface area contributed by atoms with Crippen LogP contribution in [0.3, 0.4) is 0 Å². The van der Waals surface area contributed by atoms with E-state index in [1.165, 1.54) is 0 Å². The first kappa shape index (κ1) is 15.0. The minimum absolute atomic E-state index is 0.136. The zero-order chi connectivity index (χ0) is 14.1. The van der Waals surface area contributed by atoms with Gasteiger partial charge in [-0.3, -0.25) is 9.59 Å². The maximum atomic E-state index is 12.1. The summed E-state index contributed by atoms with van der Waals surface area (Å²) in [7, 11) is 0. The highest BCUT2D eigenvalue weighted by Gasteiger charge is 2.28. The van der Waals surface area contributed by atoms with E-state index in [0.29, 0.717) is 10.6 Å². The van der Waals surface area contributed by atoms with Crippen LogP contribution in [0.15, 0.2) is 4.79 Å². The van der Waals surface area contributed by atoms with Gasteiger partial charge in [0.2, 0.25) is 0 Å². The lowest BCUT2D eigenvalue weighted by atomic mass is 9.82. The van der Waals surface area contributed by atoms with Crippen LogP contribution in [0.4, 0.5) is 0 Å². The van der Waals surface area contributed by atoms with Crippen molar-refractivity contribution in [1.29, 1.82) is 0 Å². The molecule has 1 aromatic heterocycles. The lowest BCUT2D eigenvalue weighted by molar-refractivity contribution is 0.0895. The monoisotopic (exact) mass is 270 g/mol. The normalized spacial score (nSPS) is 12.6. The molecule has 0 spiro atoms. The summed E-state index contributed by atoms with van der Waals surface area (Å²) in [6, 6.07) is 0. The third-order valence-corrected chi connectivity index (χ3v) is 3.44. The summed E-state index contributed by atoms with van der Waals surface area (Å²) >= 11 is 0.958. The lowest BCUT2D eigenvalue weighted by Gasteiger charge is -2.33. The molecule has 1 rings (SSSR count). The minimum Gasteiger partial charge on any atom is -0.346 e. The molecule has 0 atom stereocenters. The average Bonchev–Trinajstić information content (AvgIpc) is 2.39. The molecule has 0 saturated heterocycles. The van der Waals surface area contributed by atoms with Gasteiger partial charge in [0.05, 0.1) is 0 Å². The Labute approximate surface area is 112 Å². The summed E-state index contributed by atoms with van der Waals surface area (Å²) in [5.41, 5.74) is 0.473. The van der Waals surface area contributed by atoms with Crippen molar-refractivity contribution in [3.63, 3.8) is 0 Å². The van der Waals surface area contributed by atoms with Gasteiger partial charge in [0.25, 0.3) is 5.91 Å². The Morgan fingerprint density at radius 3 is 2.22 bits per heavy atom. The van der Waals surface area contributed by atoms with Gasteiger partial charge in [0, 0.05) is 11.2 Å². The molecule has 0 unspecified atom stereocenters. The smallest absolute Gasteiger partial charge is 0.305 e. The van der Waals surface area contributed by atoms with Crippen molar-refractivity contribution in [2.45, 2.75) is 53.5 Å². The van der Waals surface area contributed by atoms with Gasteiger partial charge in [-0.1, -0.05) is 32.1 Å². The molecule has 18 heavy (non-hydrogen) atoms. The Morgan fingerprint density at radius 2 is 1.83 bits per heavy atom. The Morgan fingerprint density at radius 1 is 1.28 bits per heavy atom. The zero-order valence-electron chi connectivity index (χ0n) is 11.9. The molecule has 0 aliphatic heterocycles. The topological polar surface area (TPSA) is 62.0 Å². The van der Waals surface area contributed by atoms with E-state index < -0.39 is 0 Å². The number of thiazole rings is 1. The molecule has 0 radical (unpaired) electrons. The van der Waals surface area contributed by atoms with Crippen LogP contribution in [-0.4, -0.2) is 16.4 Å². The standard InChI is InChI=1S/C13H22N2O2S/c1-8-9(18-11(17)14-8)10(16)15-13(5,6)7-12(2,3)4/h7H2,1-6H3,(H,14,17)(H,15,16). The van der Waals surface area contributed by atoms with Crippen LogP contribution in [0.25, 0.3) is 0 Å². The number of aryl methyl sites for hydroxylation is 1. The molecule has 2 N–H and O–H groups in total. The fraction of sp³-hybridized carbons (Fsp3) is 0.692. The third kappa shape index (κ3) is 4.29. The van der Waals surface area contributed by atoms with E-state index in [-0.39, 0.29) is 21.7 Å². The number of amides is 1. The van der Waals surface area contributed by atoms with Crippen molar-refractivity contribution in [2.75, 3.05) is 0 Å².